The lowest BCUT2D eigenvalue weighted by molar-refractivity contribution is 0.0524. The second-order valence-electron chi connectivity index (χ2n) is 7.12. The molecule has 0 aliphatic heterocycles. The molecule has 1 aromatic heterocycles. The summed E-state index contributed by atoms with van der Waals surface area (Å²) in [5, 5.41) is 16.0. The molecule has 0 aliphatic rings. The molecule has 1 aromatic carbocycles. The number of rotatable bonds is 6. The van der Waals surface area contributed by atoms with Gasteiger partial charge in [0.1, 0.15) is 5.60 Å². The third kappa shape index (κ3) is 5.84. The van der Waals surface area contributed by atoms with E-state index in [0.717, 1.165) is 11.1 Å². The van der Waals surface area contributed by atoms with Crippen molar-refractivity contribution in [2.75, 3.05) is 13.7 Å². The van der Waals surface area contributed by atoms with E-state index in [1.165, 1.54) is 7.11 Å². The first kappa shape index (κ1) is 21.0. The maximum absolute atomic E-state index is 11.8. The van der Waals surface area contributed by atoms with Gasteiger partial charge in [-0.15, -0.1) is 0 Å². The number of nitrogens with one attached hydrogen (secondary N) is 1. The zero-order valence-corrected chi connectivity index (χ0v) is 16.5. The van der Waals surface area contributed by atoms with Crippen molar-refractivity contribution in [1.82, 2.24) is 15.1 Å². The maximum Gasteiger partial charge on any atom is 0.407 e. The standard InChI is InChI=1S/C20H24N4O4/c1-20(2,3)28-19(26)22-9-10-24-13-16(12-23-24)14-5-6-17(18(25)27-4)15(11-14)7-8-21/h5-6,11-13H,7,9-10H2,1-4H3,(H,22,26). The number of amides is 1. The number of methoxy groups -OCH3 is 1. The van der Waals surface area contributed by atoms with Crippen LogP contribution in [-0.2, 0) is 22.4 Å². The van der Waals surface area contributed by atoms with Crippen LogP contribution in [0.5, 0.6) is 0 Å². The molecule has 0 saturated carbocycles. The number of hydrogen-bond donors (Lipinski definition) is 1. The van der Waals surface area contributed by atoms with E-state index < -0.39 is 17.7 Å². The highest BCUT2D eigenvalue weighted by Crippen LogP contribution is 2.23. The van der Waals surface area contributed by atoms with Crippen molar-refractivity contribution in [3.05, 3.63) is 41.7 Å². The van der Waals surface area contributed by atoms with E-state index in [-0.39, 0.29) is 6.42 Å². The Morgan fingerprint density at radius 3 is 2.68 bits per heavy atom. The zero-order valence-electron chi connectivity index (χ0n) is 16.5. The van der Waals surface area contributed by atoms with E-state index in [4.69, 9.17) is 14.7 Å². The van der Waals surface area contributed by atoms with Gasteiger partial charge in [0, 0.05) is 18.3 Å². The number of esters is 1. The molecule has 0 radical (unpaired) electrons. The Labute approximate surface area is 164 Å². The van der Waals surface area contributed by atoms with Gasteiger partial charge < -0.3 is 14.8 Å². The summed E-state index contributed by atoms with van der Waals surface area (Å²) in [6.07, 6.45) is 3.16. The Morgan fingerprint density at radius 2 is 2.04 bits per heavy atom. The summed E-state index contributed by atoms with van der Waals surface area (Å²) in [4.78, 5) is 23.5. The van der Waals surface area contributed by atoms with Gasteiger partial charge in [0.15, 0.2) is 0 Å². The molecule has 0 fully saturated rings. The van der Waals surface area contributed by atoms with Gasteiger partial charge >= 0.3 is 12.1 Å². The first-order valence-corrected chi connectivity index (χ1v) is 8.81. The summed E-state index contributed by atoms with van der Waals surface area (Å²) in [7, 11) is 1.31. The summed E-state index contributed by atoms with van der Waals surface area (Å²) < 4.78 is 11.6. The minimum Gasteiger partial charge on any atom is -0.465 e. The Kier molecular flexibility index (Phi) is 6.77. The van der Waals surface area contributed by atoms with Crippen molar-refractivity contribution in [2.45, 2.75) is 39.3 Å². The zero-order chi connectivity index (χ0) is 20.7. The quantitative estimate of drug-likeness (QED) is 0.768. The molecule has 0 bridgehead atoms. The third-order valence-corrected chi connectivity index (χ3v) is 3.76. The van der Waals surface area contributed by atoms with Crippen LogP contribution in [0.1, 0.15) is 36.7 Å². The SMILES string of the molecule is COC(=O)c1ccc(-c2cnn(CCNC(=O)OC(C)(C)C)c2)cc1CC#N. The van der Waals surface area contributed by atoms with Crippen LogP contribution in [0.4, 0.5) is 4.79 Å². The van der Waals surface area contributed by atoms with Gasteiger partial charge in [-0.3, -0.25) is 4.68 Å². The predicted molar refractivity (Wildman–Crippen MR) is 103 cm³/mol. The molecule has 1 heterocycles. The number of ether oxygens (including phenoxy) is 2. The van der Waals surface area contributed by atoms with Gasteiger partial charge in [-0.2, -0.15) is 10.4 Å². The Balaban J connectivity index is 2.05. The summed E-state index contributed by atoms with van der Waals surface area (Å²) >= 11 is 0. The molecule has 0 unspecified atom stereocenters. The van der Waals surface area contributed by atoms with E-state index in [2.05, 4.69) is 16.5 Å². The average Bonchev–Trinajstić information content (AvgIpc) is 3.08. The van der Waals surface area contributed by atoms with E-state index in [1.54, 1.807) is 49.8 Å². The van der Waals surface area contributed by atoms with Crippen molar-refractivity contribution in [3.63, 3.8) is 0 Å². The van der Waals surface area contributed by atoms with Crippen LogP contribution in [0.25, 0.3) is 11.1 Å². The molecule has 8 nitrogen and oxygen atoms in total. The lowest BCUT2D eigenvalue weighted by Crippen LogP contribution is -2.34. The monoisotopic (exact) mass is 384 g/mol. The first-order chi connectivity index (χ1) is 13.2. The van der Waals surface area contributed by atoms with Crippen molar-refractivity contribution in [2.24, 2.45) is 0 Å². The van der Waals surface area contributed by atoms with Crippen molar-refractivity contribution in [3.8, 4) is 17.2 Å². The van der Waals surface area contributed by atoms with Gasteiger partial charge in [0.2, 0.25) is 0 Å². The fourth-order valence-corrected chi connectivity index (χ4v) is 2.54. The molecule has 0 atom stereocenters. The second kappa shape index (κ2) is 9.04. The number of alkyl carbamates (subject to hydrolysis) is 1. The fraction of sp³-hybridized carbons (Fsp3) is 0.400. The van der Waals surface area contributed by atoms with Gasteiger partial charge in [-0.05, 0) is 44.0 Å². The molecular weight excluding hydrogens is 360 g/mol. The first-order valence-electron chi connectivity index (χ1n) is 8.81. The van der Waals surface area contributed by atoms with Crippen molar-refractivity contribution < 1.29 is 19.1 Å². The fourth-order valence-electron chi connectivity index (χ4n) is 2.54. The third-order valence-electron chi connectivity index (χ3n) is 3.76. The number of nitrogens with zero attached hydrogens (tertiary/aromatic N) is 3. The van der Waals surface area contributed by atoms with Crippen molar-refractivity contribution in [1.29, 1.82) is 5.26 Å². The largest absolute Gasteiger partial charge is 0.465 e. The molecule has 2 aromatic rings. The summed E-state index contributed by atoms with van der Waals surface area (Å²) in [6, 6.07) is 7.28. The molecule has 148 valence electrons. The minimum atomic E-state index is -0.541. The molecule has 0 spiro atoms. The highest BCUT2D eigenvalue weighted by Gasteiger charge is 2.16. The molecule has 8 heteroatoms. The number of nitriles is 1. The molecule has 2 rings (SSSR count). The van der Waals surface area contributed by atoms with Crippen LogP contribution in [0.15, 0.2) is 30.6 Å². The molecule has 1 N–H and O–H groups in total. The Morgan fingerprint density at radius 1 is 1.29 bits per heavy atom. The topological polar surface area (TPSA) is 106 Å². The number of benzene rings is 1. The summed E-state index contributed by atoms with van der Waals surface area (Å²) in [6.45, 7) is 6.26. The number of aromatic nitrogens is 2. The van der Waals surface area contributed by atoms with Crippen LogP contribution in [0, 0.1) is 11.3 Å². The number of hydrogen-bond acceptors (Lipinski definition) is 6. The van der Waals surface area contributed by atoms with Gasteiger partial charge in [0.25, 0.3) is 0 Å². The molecule has 28 heavy (non-hydrogen) atoms. The smallest absolute Gasteiger partial charge is 0.407 e. The van der Waals surface area contributed by atoms with Crippen LogP contribution >= 0.6 is 0 Å². The second-order valence-corrected chi connectivity index (χ2v) is 7.12. The van der Waals surface area contributed by atoms with E-state index in [1.807, 2.05) is 6.20 Å². The van der Waals surface area contributed by atoms with Crippen LogP contribution in [0.3, 0.4) is 0 Å². The van der Waals surface area contributed by atoms with E-state index in [0.29, 0.717) is 24.2 Å². The van der Waals surface area contributed by atoms with Gasteiger partial charge in [-0.1, -0.05) is 6.07 Å². The van der Waals surface area contributed by atoms with Crippen LogP contribution in [-0.4, -0.2) is 41.1 Å². The summed E-state index contributed by atoms with van der Waals surface area (Å²) in [5.74, 6) is -0.472. The highest BCUT2D eigenvalue weighted by molar-refractivity contribution is 5.92. The Hall–Kier alpha value is -3.34. The molecular formula is C20H24N4O4. The molecule has 0 saturated heterocycles. The van der Waals surface area contributed by atoms with E-state index in [9.17, 15) is 9.59 Å². The minimum absolute atomic E-state index is 0.103. The van der Waals surface area contributed by atoms with Crippen molar-refractivity contribution >= 4 is 12.1 Å². The predicted octanol–water partition coefficient (Wildman–Crippen LogP) is 2.93. The molecule has 1 amide bonds. The lowest BCUT2D eigenvalue weighted by atomic mass is 9.99. The molecule has 0 aliphatic carbocycles. The lowest BCUT2D eigenvalue weighted by Gasteiger charge is -2.19. The Bertz CT molecular complexity index is 890. The number of carbonyl (C=O) groups excluding carboxylic acids is 2. The van der Waals surface area contributed by atoms with Crippen LogP contribution < -0.4 is 5.32 Å². The van der Waals surface area contributed by atoms with Crippen LogP contribution in [0.2, 0.25) is 0 Å². The summed E-state index contributed by atoms with van der Waals surface area (Å²) in [5.41, 5.74) is 2.12. The van der Waals surface area contributed by atoms with Gasteiger partial charge in [-0.25, -0.2) is 9.59 Å². The maximum atomic E-state index is 11.8. The average molecular weight is 384 g/mol. The number of carbonyl (C=O) groups is 2. The van der Waals surface area contributed by atoms with E-state index >= 15 is 0 Å². The van der Waals surface area contributed by atoms with Gasteiger partial charge in [0.05, 0.1) is 37.9 Å². The highest BCUT2D eigenvalue weighted by atomic mass is 16.6. The normalized spacial score (nSPS) is 10.8.